The van der Waals surface area contributed by atoms with Gasteiger partial charge in [0, 0.05) is 44.4 Å². The number of nitrogens with one attached hydrogen (secondary N) is 3. The first-order chi connectivity index (χ1) is 31.1. The summed E-state index contributed by atoms with van der Waals surface area (Å²) in [5.74, 6) is -2.40. The molecule has 5 heterocycles. The summed E-state index contributed by atoms with van der Waals surface area (Å²) in [6, 6.07) is 11.0. The molecule has 4 aromatic rings. The molecule has 0 aliphatic carbocycles. The Morgan fingerprint density at radius 3 is 2.51 bits per heavy atom. The molecule has 1 aromatic heterocycles. The van der Waals surface area contributed by atoms with E-state index >= 15 is 8.78 Å². The summed E-state index contributed by atoms with van der Waals surface area (Å²) in [6.07, 6.45) is 5.15. The van der Waals surface area contributed by atoms with E-state index in [1.54, 1.807) is 32.0 Å². The molecule has 17 nitrogen and oxygen atoms in total. The lowest BCUT2D eigenvalue weighted by Gasteiger charge is -2.40. The number of imide groups is 1. The van der Waals surface area contributed by atoms with E-state index in [0.29, 0.717) is 87.0 Å². The van der Waals surface area contributed by atoms with Crippen LogP contribution in [0.3, 0.4) is 0 Å². The van der Waals surface area contributed by atoms with E-state index in [1.165, 1.54) is 30.1 Å². The number of benzene rings is 3. The van der Waals surface area contributed by atoms with Crippen molar-refractivity contribution in [3.8, 4) is 17.6 Å². The molecule has 20 heteroatoms. The minimum atomic E-state index is -4.04. The minimum absolute atomic E-state index is 0.00605. The van der Waals surface area contributed by atoms with Gasteiger partial charge in [-0.15, -0.1) is 0 Å². The molecule has 65 heavy (non-hydrogen) atoms. The number of halogens is 2. The van der Waals surface area contributed by atoms with Gasteiger partial charge in [0.2, 0.25) is 17.7 Å². The number of carbonyl (C=O) groups excluding carboxylic acids is 3. The Labute approximate surface area is 374 Å². The second kappa shape index (κ2) is 18.5. The number of aromatic nitrogens is 2. The summed E-state index contributed by atoms with van der Waals surface area (Å²) in [5, 5.41) is 15.5. The first-order valence-corrected chi connectivity index (χ1v) is 23.2. The molecular formula is C45H51F2N9O8S. The van der Waals surface area contributed by atoms with E-state index in [2.05, 4.69) is 25.2 Å². The molecule has 4 fully saturated rings. The maximum atomic E-state index is 15.3. The van der Waals surface area contributed by atoms with Crippen LogP contribution in [0, 0.1) is 29.9 Å². The Hall–Kier alpha value is -6.01. The van der Waals surface area contributed by atoms with Gasteiger partial charge in [-0.3, -0.25) is 38.7 Å². The Kier molecular flexibility index (Phi) is 12.9. The Morgan fingerprint density at radius 1 is 1.06 bits per heavy atom. The molecule has 0 saturated carbocycles. The van der Waals surface area contributed by atoms with Gasteiger partial charge in [0.15, 0.2) is 11.6 Å². The lowest BCUT2D eigenvalue weighted by Crippen LogP contribution is -2.50. The molecule has 3 amide bonds. The van der Waals surface area contributed by atoms with Crippen molar-refractivity contribution in [2.75, 3.05) is 63.0 Å². The zero-order chi connectivity index (χ0) is 46.2. The van der Waals surface area contributed by atoms with Crippen LogP contribution < -0.4 is 25.7 Å². The number of hydrogen-bond donors (Lipinski definition) is 3. The van der Waals surface area contributed by atoms with Gasteiger partial charge >= 0.3 is 10.2 Å². The summed E-state index contributed by atoms with van der Waals surface area (Å²) in [7, 11) is -2.69. The molecule has 1 spiro atoms. The predicted octanol–water partition coefficient (Wildman–Crippen LogP) is 4.67. The fraction of sp³-hybridized carbons (Fsp3) is 0.467. The van der Waals surface area contributed by atoms with Gasteiger partial charge < -0.3 is 19.7 Å². The van der Waals surface area contributed by atoms with Crippen molar-refractivity contribution in [3.63, 3.8) is 0 Å². The van der Waals surface area contributed by atoms with Gasteiger partial charge in [-0.1, -0.05) is 13.0 Å². The summed E-state index contributed by atoms with van der Waals surface area (Å²) in [4.78, 5) is 59.8. The molecule has 0 radical (unpaired) electrons. The van der Waals surface area contributed by atoms with Crippen LogP contribution >= 0.6 is 0 Å². The van der Waals surface area contributed by atoms with Crippen molar-refractivity contribution in [2.45, 2.75) is 82.4 Å². The molecule has 2 atom stereocenters. The van der Waals surface area contributed by atoms with Crippen molar-refractivity contribution < 1.29 is 41.1 Å². The van der Waals surface area contributed by atoms with Gasteiger partial charge in [-0.25, -0.2) is 13.8 Å². The third kappa shape index (κ3) is 9.41. The van der Waals surface area contributed by atoms with Crippen molar-refractivity contribution >= 4 is 50.2 Å². The zero-order valence-electron chi connectivity index (χ0n) is 36.4. The van der Waals surface area contributed by atoms with E-state index in [-0.39, 0.29) is 83.7 Å². The van der Waals surface area contributed by atoms with Crippen LogP contribution in [0.1, 0.15) is 80.5 Å². The largest absolute Gasteiger partial charge is 0.452 e. The highest BCUT2D eigenvalue weighted by Gasteiger charge is 2.44. The highest BCUT2D eigenvalue weighted by molar-refractivity contribution is 7.90. The van der Waals surface area contributed by atoms with Gasteiger partial charge in [-0.05, 0) is 106 Å². The number of nitriles is 1. The monoisotopic (exact) mass is 915 g/mol. The van der Waals surface area contributed by atoms with Gasteiger partial charge in [0.05, 0.1) is 47.7 Å². The molecular weight excluding hydrogens is 865 g/mol. The molecule has 8 rings (SSSR count). The number of carbonyl (C=O) groups is 3. The van der Waals surface area contributed by atoms with Crippen LogP contribution in [0.5, 0.6) is 11.5 Å². The van der Waals surface area contributed by atoms with E-state index in [9.17, 15) is 32.9 Å². The van der Waals surface area contributed by atoms with Crippen molar-refractivity contribution in [1.29, 1.82) is 5.26 Å². The van der Waals surface area contributed by atoms with Gasteiger partial charge in [-0.2, -0.15) is 18.0 Å². The first kappa shape index (κ1) is 45.6. The van der Waals surface area contributed by atoms with Crippen LogP contribution in [0.4, 0.5) is 20.2 Å². The third-order valence-corrected chi connectivity index (χ3v) is 14.8. The van der Waals surface area contributed by atoms with Gasteiger partial charge in [0.25, 0.3) is 5.56 Å². The lowest BCUT2D eigenvalue weighted by atomic mass is 9.87. The number of amides is 3. The number of anilines is 2. The lowest BCUT2D eigenvalue weighted by molar-refractivity contribution is -0.137. The molecule has 3 N–H and O–H groups in total. The van der Waals surface area contributed by atoms with Crippen molar-refractivity contribution in [2.24, 2.45) is 0 Å². The molecule has 2 unspecified atom stereocenters. The van der Waals surface area contributed by atoms with Crippen LogP contribution in [-0.2, 0) is 29.3 Å². The first-order valence-electron chi connectivity index (χ1n) is 21.8. The van der Waals surface area contributed by atoms with E-state index in [1.807, 2.05) is 11.0 Å². The molecule has 344 valence electrons. The van der Waals surface area contributed by atoms with Crippen LogP contribution in [0.25, 0.3) is 10.9 Å². The quantitative estimate of drug-likeness (QED) is 0.166. The van der Waals surface area contributed by atoms with E-state index in [0.717, 1.165) is 16.4 Å². The molecule has 0 bridgehead atoms. The zero-order valence-corrected chi connectivity index (χ0v) is 37.2. The number of likely N-dealkylation sites (tertiary alicyclic amines) is 2. The molecule has 4 aliphatic heterocycles. The summed E-state index contributed by atoms with van der Waals surface area (Å²) >= 11 is 0. The number of fused-ring (bicyclic) bond motifs is 1. The van der Waals surface area contributed by atoms with Crippen LogP contribution in [0.2, 0.25) is 0 Å². The maximum absolute atomic E-state index is 15.3. The van der Waals surface area contributed by atoms with Crippen molar-refractivity contribution in [3.05, 3.63) is 87.5 Å². The van der Waals surface area contributed by atoms with Gasteiger partial charge in [0.1, 0.15) is 29.2 Å². The number of ether oxygens (including phenoxy) is 2. The molecule has 4 aliphatic rings. The van der Waals surface area contributed by atoms with Crippen LogP contribution in [0.15, 0.2) is 53.6 Å². The van der Waals surface area contributed by atoms with Crippen LogP contribution in [-0.4, -0.2) is 114 Å². The Balaban J connectivity index is 0.862. The molecule has 3 aromatic carbocycles. The highest BCUT2D eigenvalue weighted by atomic mass is 32.2. The average molecular weight is 916 g/mol. The maximum Gasteiger partial charge on any atom is 0.301 e. The fourth-order valence-electron chi connectivity index (χ4n) is 9.27. The number of nitrogens with zero attached hydrogens (tertiary/aromatic N) is 6. The van der Waals surface area contributed by atoms with E-state index in [4.69, 9.17) is 9.47 Å². The average Bonchev–Trinajstić information content (AvgIpc) is 3.69. The number of rotatable bonds is 12. The second-order valence-corrected chi connectivity index (χ2v) is 19.0. The van der Waals surface area contributed by atoms with E-state index < -0.39 is 39.3 Å². The fourth-order valence-corrected chi connectivity index (χ4v) is 10.2. The topological polar surface area (TPSA) is 208 Å². The second-order valence-electron chi connectivity index (χ2n) is 17.2. The third-order valence-electron chi connectivity index (χ3n) is 13.3. The smallest absolute Gasteiger partial charge is 0.301 e. The summed E-state index contributed by atoms with van der Waals surface area (Å²) in [6.45, 7) is 6.22. The number of hydrogen-bond acceptors (Lipinski definition) is 12. The minimum Gasteiger partial charge on any atom is -0.452 e. The highest BCUT2D eigenvalue weighted by Crippen LogP contribution is 2.41. The van der Waals surface area contributed by atoms with Crippen molar-refractivity contribution in [1.82, 2.24) is 29.0 Å². The normalized spacial score (nSPS) is 20.5. The number of aryl methyl sites for hydroxylation is 1. The number of piperidine rings is 3. The Morgan fingerprint density at radius 2 is 1.82 bits per heavy atom. The summed E-state index contributed by atoms with van der Waals surface area (Å²) < 4.78 is 73.2. The SMILES string of the molecule is CCN(C)S(=O)(=O)Nc1ccc(F)c(Oc2ccc3ncn(C4COC5(CCN(C(=O)CN6CCC(c7ccc(NC8CCC(=O)NC8=O)cc7F)CC6)CC5)C4)c(=O)c3c2C)c1C#N. The standard InChI is InChI=1S/C45H51F2N9O8S/c1-4-53(3)65(61,62)52-35-8-7-33(46)42(32(35)23-48)64-38-11-9-36-41(27(38)2)44(60)56(26-49-36)30-22-45(63-25-30)15-19-55(20-16-45)40(58)24-54-17-13-28(14-18-54)31-6-5-29(21-34(31)47)50-37-10-12-39(57)51-43(37)59/h5-9,11,21,26,28,30,37,50,52H,4,10,12-20,22,24-25H2,1-3H3,(H,51,57,59). The summed E-state index contributed by atoms with van der Waals surface area (Å²) in [5.41, 5.74) is 0.383. The molecule has 4 saturated heterocycles. The predicted molar refractivity (Wildman–Crippen MR) is 236 cm³/mol. The Bertz CT molecular complexity index is 2750.